The molecule has 0 aliphatic heterocycles. The molecule has 0 fully saturated rings. The van der Waals surface area contributed by atoms with Gasteiger partial charge in [0, 0.05) is 21.7 Å². The predicted molar refractivity (Wildman–Crippen MR) is 73.2 cm³/mol. The first kappa shape index (κ1) is 12.4. The van der Waals surface area contributed by atoms with Crippen molar-refractivity contribution in [2.24, 2.45) is 0 Å². The average molecular weight is 385 g/mol. The molecule has 0 bridgehead atoms. The molecule has 0 aliphatic rings. The fraction of sp³-hybridized carbons (Fsp3) is 0.100. The molecule has 2 aromatic rings. The first-order chi connectivity index (χ1) is 7.58. The van der Waals surface area contributed by atoms with Crippen molar-refractivity contribution in [1.29, 1.82) is 0 Å². The molecule has 2 nitrogen and oxygen atoms in total. The second kappa shape index (κ2) is 5.08. The van der Waals surface area contributed by atoms with Crippen LogP contribution in [0, 0.1) is 0 Å². The lowest BCUT2D eigenvalue weighted by molar-refractivity contribution is 0.667. The minimum atomic E-state index is 0.532. The zero-order chi connectivity index (χ0) is 11.7. The third-order valence-electron chi connectivity index (χ3n) is 2.07. The van der Waals surface area contributed by atoms with Crippen molar-refractivity contribution in [3.05, 3.63) is 49.1 Å². The van der Waals surface area contributed by atoms with Gasteiger partial charge in [-0.1, -0.05) is 29.3 Å². The van der Waals surface area contributed by atoms with Gasteiger partial charge >= 0.3 is 0 Å². The average Bonchev–Trinajstić information content (AvgIpc) is 2.51. The molecule has 0 atom stereocenters. The number of halogens is 4. The lowest BCUT2D eigenvalue weighted by atomic mass is 10.2. The van der Waals surface area contributed by atoms with Crippen molar-refractivity contribution < 1.29 is 0 Å². The van der Waals surface area contributed by atoms with Crippen LogP contribution in [0.25, 0.3) is 0 Å². The fourth-order valence-electron chi connectivity index (χ4n) is 1.31. The van der Waals surface area contributed by atoms with Crippen LogP contribution in [0.2, 0.25) is 10.0 Å². The molecule has 1 aromatic carbocycles. The molecular formula is C10H6Br2Cl2N2. The van der Waals surface area contributed by atoms with Crippen molar-refractivity contribution >= 4 is 55.1 Å². The second-order valence-corrected chi connectivity index (χ2v) is 5.59. The smallest absolute Gasteiger partial charge is 0.129 e. The minimum absolute atomic E-state index is 0.532. The monoisotopic (exact) mass is 382 g/mol. The Bertz CT molecular complexity index is 505. The molecule has 0 aliphatic carbocycles. The number of rotatable bonds is 2. The summed E-state index contributed by atoms with van der Waals surface area (Å²) in [6.07, 6.45) is 0. The predicted octanol–water partition coefficient (Wildman–Crippen LogP) is 4.76. The van der Waals surface area contributed by atoms with Crippen LogP contribution >= 0.6 is 55.1 Å². The Morgan fingerprint density at radius 3 is 2.31 bits per heavy atom. The Labute approximate surface area is 120 Å². The highest BCUT2D eigenvalue weighted by Gasteiger charge is 2.09. The lowest BCUT2D eigenvalue weighted by Gasteiger charge is -2.07. The summed E-state index contributed by atoms with van der Waals surface area (Å²) < 4.78 is 3.41. The summed E-state index contributed by atoms with van der Waals surface area (Å²) in [7, 11) is 0. The van der Waals surface area contributed by atoms with Gasteiger partial charge in [-0.25, -0.2) is 0 Å². The summed E-state index contributed by atoms with van der Waals surface area (Å²) >= 11 is 18.9. The molecular weight excluding hydrogens is 379 g/mol. The van der Waals surface area contributed by atoms with E-state index < -0.39 is 0 Å². The summed E-state index contributed by atoms with van der Waals surface area (Å²) in [5.74, 6) is 0. The van der Waals surface area contributed by atoms with Crippen LogP contribution < -0.4 is 0 Å². The number of nitrogens with zero attached hydrogens (tertiary/aromatic N) is 2. The molecule has 84 valence electrons. The first-order valence-corrected chi connectivity index (χ1v) is 6.74. The summed E-state index contributed by atoms with van der Waals surface area (Å²) in [5.41, 5.74) is 0.863. The number of benzene rings is 1. The summed E-state index contributed by atoms with van der Waals surface area (Å²) in [6, 6.07) is 7.32. The van der Waals surface area contributed by atoms with Crippen molar-refractivity contribution in [2.45, 2.75) is 6.54 Å². The second-order valence-electron chi connectivity index (χ2n) is 3.15. The first-order valence-electron chi connectivity index (χ1n) is 4.39. The number of hydrogen-bond acceptors (Lipinski definition) is 1. The Morgan fingerprint density at radius 2 is 1.81 bits per heavy atom. The van der Waals surface area contributed by atoms with Crippen LogP contribution in [0.3, 0.4) is 0 Å². The third kappa shape index (κ3) is 2.62. The minimum Gasteiger partial charge on any atom is -0.253 e. The number of hydrogen-bond donors (Lipinski definition) is 0. The third-order valence-corrected chi connectivity index (χ3v) is 3.80. The molecule has 1 heterocycles. The summed E-state index contributed by atoms with van der Waals surface area (Å²) in [5, 5.41) is 5.55. The van der Waals surface area contributed by atoms with Gasteiger partial charge in [-0.15, -0.1) is 0 Å². The normalized spacial score (nSPS) is 10.8. The van der Waals surface area contributed by atoms with E-state index in [0.717, 1.165) is 14.8 Å². The molecule has 1 aromatic heterocycles. The van der Waals surface area contributed by atoms with E-state index in [1.807, 2.05) is 24.3 Å². The van der Waals surface area contributed by atoms with E-state index in [0.29, 0.717) is 16.6 Å². The van der Waals surface area contributed by atoms with Crippen molar-refractivity contribution in [1.82, 2.24) is 9.78 Å². The Kier molecular flexibility index (Phi) is 3.95. The highest BCUT2D eigenvalue weighted by Crippen LogP contribution is 2.26. The van der Waals surface area contributed by atoms with Gasteiger partial charge in [-0.05, 0) is 44.0 Å². The van der Waals surface area contributed by atoms with Gasteiger partial charge in [0.25, 0.3) is 0 Å². The molecule has 0 unspecified atom stereocenters. The van der Waals surface area contributed by atoms with Gasteiger partial charge in [-0.3, -0.25) is 4.68 Å². The van der Waals surface area contributed by atoms with Gasteiger partial charge in [0.1, 0.15) is 9.21 Å². The van der Waals surface area contributed by atoms with Gasteiger partial charge in [0.05, 0.1) is 6.54 Å². The summed E-state index contributed by atoms with van der Waals surface area (Å²) in [6.45, 7) is 0.532. The molecule has 2 rings (SSSR count). The number of aromatic nitrogens is 2. The van der Waals surface area contributed by atoms with E-state index in [1.54, 1.807) is 4.68 Å². The highest BCUT2D eigenvalue weighted by atomic mass is 79.9. The maximum atomic E-state index is 6.09. The Balaban J connectivity index is 2.37. The van der Waals surface area contributed by atoms with Crippen LogP contribution in [0.5, 0.6) is 0 Å². The molecule has 0 amide bonds. The molecule has 0 saturated carbocycles. The molecule has 0 radical (unpaired) electrons. The van der Waals surface area contributed by atoms with Crippen molar-refractivity contribution in [3.63, 3.8) is 0 Å². The van der Waals surface area contributed by atoms with Crippen LogP contribution in [-0.2, 0) is 6.54 Å². The quantitative estimate of drug-likeness (QED) is 0.729. The van der Waals surface area contributed by atoms with Gasteiger partial charge < -0.3 is 0 Å². The van der Waals surface area contributed by atoms with Crippen molar-refractivity contribution in [2.75, 3.05) is 0 Å². The maximum Gasteiger partial charge on any atom is 0.129 e. The molecule has 6 heteroatoms. The van der Waals surface area contributed by atoms with Gasteiger partial charge in [0.15, 0.2) is 0 Å². The van der Waals surface area contributed by atoms with Crippen LogP contribution in [0.4, 0.5) is 0 Å². The van der Waals surface area contributed by atoms with Crippen molar-refractivity contribution in [3.8, 4) is 0 Å². The zero-order valence-corrected chi connectivity index (χ0v) is 12.6. The SMILES string of the molecule is Clc1cccc(Cl)c1Cn1nc(Br)cc1Br. The largest absolute Gasteiger partial charge is 0.253 e. The molecule has 0 spiro atoms. The molecule has 16 heavy (non-hydrogen) atoms. The lowest BCUT2D eigenvalue weighted by Crippen LogP contribution is -2.03. The topological polar surface area (TPSA) is 17.8 Å². The van der Waals surface area contributed by atoms with Crippen LogP contribution in [-0.4, -0.2) is 9.78 Å². The molecule has 0 N–H and O–H groups in total. The van der Waals surface area contributed by atoms with E-state index in [9.17, 15) is 0 Å². The van der Waals surface area contributed by atoms with Gasteiger partial charge in [-0.2, -0.15) is 5.10 Å². The van der Waals surface area contributed by atoms with Gasteiger partial charge in [0.2, 0.25) is 0 Å². The highest BCUT2D eigenvalue weighted by molar-refractivity contribution is 9.11. The standard InChI is InChI=1S/C10H6Br2Cl2N2/c11-9-4-10(12)16(15-9)5-6-7(13)2-1-3-8(6)14/h1-4H,5H2. The molecule has 0 saturated heterocycles. The summed E-state index contributed by atoms with van der Waals surface area (Å²) in [4.78, 5) is 0. The van der Waals surface area contributed by atoms with E-state index in [4.69, 9.17) is 23.2 Å². The fourth-order valence-corrected chi connectivity index (χ4v) is 2.96. The van der Waals surface area contributed by atoms with Crippen LogP contribution in [0.15, 0.2) is 33.5 Å². The van der Waals surface area contributed by atoms with E-state index in [2.05, 4.69) is 37.0 Å². The van der Waals surface area contributed by atoms with Crippen LogP contribution in [0.1, 0.15) is 5.56 Å². The zero-order valence-electron chi connectivity index (χ0n) is 7.92. The maximum absolute atomic E-state index is 6.09. The van der Waals surface area contributed by atoms with E-state index in [-0.39, 0.29) is 0 Å². The Hall–Kier alpha value is -0.0300. The van der Waals surface area contributed by atoms with E-state index >= 15 is 0 Å². The Morgan fingerprint density at radius 1 is 1.19 bits per heavy atom. The van der Waals surface area contributed by atoms with E-state index in [1.165, 1.54) is 0 Å².